The van der Waals surface area contributed by atoms with Gasteiger partial charge in [0, 0.05) is 12.6 Å². The Kier molecular flexibility index (Phi) is 2.75. The zero-order valence-electron chi connectivity index (χ0n) is 12.0. The minimum Gasteiger partial charge on any atom is -0.497 e. The molecule has 0 radical (unpaired) electrons. The SMILES string of the molecule is COc1ccc2c(c1)ncn2Cc1ccc2nc(N)oc2c1. The summed E-state index contributed by atoms with van der Waals surface area (Å²) in [5.74, 6) is 0.802. The molecule has 6 heteroatoms. The maximum absolute atomic E-state index is 5.57. The van der Waals surface area contributed by atoms with Crippen molar-refractivity contribution >= 4 is 28.1 Å². The fourth-order valence-electron chi connectivity index (χ4n) is 2.58. The fourth-order valence-corrected chi connectivity index (χ4v) is 2.58. The topological polar surface area (TPSA) is 79.1 Å². The zero-order valence-corrected chi connectivity index (χ0v) is 12.0. The highest BCUT2D eigenvalue weighted by Gasteiger charge is 2.07. The van der Waals surface area contributed by atoms with E-state index in [0.717, 1.165) is 27.9 Å². The van der Waals surface area contributed by atoms with Gasteiger partial charge in [-0.15, -0.1) is 0 Å². The first-order valence-electron chi connectivity index (χ1n) is 6.87. The number of benzene rings is 2. The highest BCUT2D eigenvalue weighted by Crippen LogP contribution is 2.22. The van der Waals surface area contributed by atoms with Gasteiger partial charge >= 0.3 is 0 Å². The second-order valence-corrected chi connectivity index (χ2v) is 5.08. The average molecular weight is 294 g/mol. The molecule has 0 spiro atoms. The smallest absolute Gasteiger partial charge is 0.292 e. The highest BCUT2D eigenvalue weighted by molar-refractivity contribution is 5.77. The molecule has 0 amide bonds. The molecule has 0 unspecified atom stereocenters. The van der Waals surface area contributed by atoms with E-state index in [-0.39, 0.29) is 6.01 Å². The number of methoxy groups -OCH3 is 1. The lowest BCUT2D eigenvalue weighted by Gasteiger charge is -2.05. The van der Waals surface area contributed by atoms with E-state index < -0.39 is 0 Å². The lowest BCUT2D eigenvalue weighted by molar-refractivity contribution is 0.415. The first-order valence-corrected chi connectivity index (χ1v) is 6.87. The van der Waals surface area contributed by atoms with Gasteiger partial charge in [-0.25, -0.2) is 4.98 Å². The van der Waals surface area contributed by atoms with Crippen LogP contribution >= 0.6 is 0 Å². The van der Waals surface area contributed by atoms with E-state index in [4.69, 9.17) is 14.9 Å². The predicted molar refractivity (Wildman–Crippen MR) is 83.8 cm³/mol. The lowest BCUT2D eigenvalue weighted by Crippen LogP contribution is -1.97. The van der Waals surface area contributed by atoms with Crippen molar-refractivity contribution in [1.29, 1.82) is 0 Å². The molecular weight excluding hydrogens is 280 g/mol. The van der Waals surface area contributed by atoms with Gasteiger partial charge in [-0.2, -0.15) is 4.98 Å². The second kappa shape index (κ2) is 4.77. The number of anilines is 1. The summed E-state index contributed by atoms with van der Waals surface area (Å²) in [6, 6.07) is 11.9. The van der Waals surface area contributed by atoms with Crippen molar-refractivity contribution in [3.05, 3.63) is 48.3 Å². The molecule has 0 aliphatic heterocycles. The van der Waals surface area contributed by atoms with Crippen molar-refractivity contribution in [2.75, 3.05) is 12.8 Å². The number of fused-ring (bicyclic) bond motifs is 2. The summed E-state index contributed by atoms with van der Waals surface area (Å²) in [7, 11) is 1.65. The van der Waals surface area contributed by atoms with E-state index >= 15 is 0 Å². The molecule has 110 valence electrons. The molecule has 2 aromatic carbocycles. The number of aromatic nitrogens is 3. The monoisotopic (exact) mass is 294 g/mol. The Bertz CT molecular complexity index is 971. The van der Waals surface area contributed by atoms with Gasteiger partial charge in [0.15, 0.2) is 5.58 Å². The molecule has 4 aromatic rings. The molecular formula is C16H14N4O2. The molecule has 0 fully saturated rings. The van der Waals surface area contributed by atoms with Gasteiger partial charge in [-0.1, -0.05) is 6.07 Å². The summed E-state index contributed by atoms with van der Waals surface area (Å²) in [6.45, 7) is 0.694. The van der Waals surface area contributed by atoms with Crippen molar-refractivity contribution in [3.63, 3.8) is 0 Å². The Labute approximate surface area is 126 Å². The number of imidazole rings is 1. The van der Waals surface area contributed by atoms with E-state index in [2.05, 4.69) is 14.5 Å². The van der Waals surface area contributed by atoms with Crippen molar-refractivity contribution in [3.8, 4) is 5.75 Å². The van der Waals surface area contributed by atoms with Crippen molar-refractivity contribution in [2.24, 2.45) is 0 Å². The molecule has 2 aromatic heterocycles. The average Bonchev–Trinajstić information content (AvgIpc) is 3.09. The van der Waals surface area contributed by atoms with E-state index in [1.165, 1.54) is 0 Å². The van der Waals surface area contributed by atoms with Crippen LogP contribution in [0.5, 0.6) is 5.75 Å². The van der Waals surface area contributed by atoms with Crippen LogP contribution in [0.1, 0.15) is 5.56 Å². The summed E-state index contributed by atoms with van der Waals surface area (Å²) < 4.78 is 12.7. The molecule has 6 nitrogen and oxygen atoms in total. The first kappa shape index (κ1) is 12.7. The van der Waals surface area contributed by atoms with Gasteiger partial charge in [0.25, 0.3) is 6.01 Å². The standard InChI is InChI=1S/C16H14N4O2/c1-21-11-3-5-14-13(7-11)18-9-20(14)8-10-2-4-12-15(6-10)22-16(17)19-12/h2-7,9H,8H2,1H3,(H2,17,19). The molecule has 0 bridgehead atoms. The summed E-state index contributed by atoms with van der Waals surface area (Å²) >= 11 is 0. The van der Waals surface area contributed by atoms with Crippen LogP contribution in [0.25, 0.3) is 22.1 Å². The molecule has 0 aliphatic rings. The zero-order chi connectivity index (χ0) is 15.1. The van der Waals surface area contributed by atoms with Crippen molar-refractivity contribution in [2.45, 2.75) is 6.54 Å². The fraction of sp³-hybridized carbons (Fsp3) is 0.125. The molecule has 22 heavy (non-hydrogen) atoms. The summed E-state index contributed by atoms with van der Waals surface area (Å²) in [5.41, 5.74) is 10.1. The van der Waals surface area contributed by atoms with Crippen LogP contribution in [-0.2, 0) is 6.54 Å². The molecule has 0 saturated heterocycles. The first-order chi connectivity index (χ1) is 10.7. The third-order valence-electron chi connectivity index (χ3n) is 3.65. The predicted octanol–water partition coefficient (Wildman–Crippen LogP) is 2.82. The van der Waals surface area contributed by atoms with Crippen LogP contribution in [0.15, 0.2) is 47.1 Å². The van der Waals surface area contributed by atoms with Crippen molar-refractivity contribution in [1.82, 2.24) is 14.5 Å². The van der Waals surface area contributed by atoms with Gasteiger partial charge in [0.05, 0.1) is 24.5 Å². The normalized spacial score (nSPS) is 11.3. The van der Waals surface area contributed by atoms with Gasteiger partial charge in [0.1, 0.15) is 11.3 Å². The summed E-state index contributed by atoms with van der Waals surface area (Å²) in [5, 5.41) is 0. The molecule has 4 rings (SSSR count). The van der Waals surface area contributed by atoms with E-state index in [9.17, 15) is 0 Å². The van der Waals surface area contributed by atoms with E-state index in [1.54, 1.807) is 7.11 Å². The number of nitrogen functional groups attached to an aromatic ring is 1. The number of oxazole rings is 1. The number of hydrogen-bond acceptors (Lipinski definition) is 5. The number of nitrogens with zero attached hydrogens (tertiary/aromatic N) is 3. The Hall–Kier alpha value is -3.02. The van der Waals surface area contributed by atoms with E-state index in [1.807, 2.05) is 42.7 Å². The third-order valence-corrected chi connectivity index (χ3v) is 3.65. The van der Waals surface area contributed by atoms with Crippen LogP contribution in [0.2, 0.25) is 0 Å². The number of nitrogens with two attached hydrogens (primary N) is 1. The van der Waals surface area contributed by atoms with Crippen LogP contribution in [-0.4, -0.2) is 21.6 Å². The Morgan fingerprint density at radius 2 is 2.09 bits per heavy atom. The maximum atomic E-state index is 5.57. The minimum atomic E-state index is 0.187. The summed E-state index contributed by atoms with van der Waals surface area (Å²) in [6.07, 6.45) is 1.82. The summed E-state index contributed by atoms with van der Waals surface area (Å²) in [4.78, 5) is 8.52. The molecule has 2 N–H and O–H groups in total. The third kappa shape index (κ3) is 2.05. The molecule has 2 heterocycles. The van der Waals surface area contributed by atoms with Crippen LogP contribution < -0.4 is 10.5 Å². The molecule has 0 saturated carbocycles. The largest absolute Gasteiger partial charge is 0.497 e. The quantitative estimate of drug-likeness (QED) is 0.628. The Balaban J connectivity index is 1.72. The van der Waals surface area contributed by atoms with Crippen LogP contribution in [0.3, 0.4) is 0 Å². The van der Waals surface area contributed by atoms with Gasteiger partial charge in [-0.05, 0) is 29.8 Å². The number of hydrogen-bond donors (Lipinski definition) is 1. The van der Waals surface area contributed by atoms with E-state index in [0.29, 0.717) is 12.1 Å². The van der Waals surface area contributed by atoms with Crippen LogP contribution in [0, 0.1) is 0 Å². The van der Waals surface area contributed by atoms with Crippen LogP contribution in [0.4, 0.5) is 6.01 Å². The lowest BCUT2D eigenvalue weighted by atomic mass is 10.2. The molecule has 0 atom stereocenters. The minimum absolute atomic E-state index is 0.187. The van der Waals surface area contributed by atoms with Gasteiger partial charge in [-0.3, -0.25) is 0 Å². The number of rotatable bonds is 3. The maximum Gasteiger partial charge on any atom is 0.292 e. The Morgan fingerprint density at radius 3 is 2.95 bits per heavy atom. The molecule has 0 aliphatic carbocycles. The van der Waals surface area contributed by atoms with Gasteiger partial charge in [0.2, 0.25) is 0 Å². The van der Waals surface area contributed by atoms with Gasteiger partial charge < -0.3 is 19.5 Å². The second-order valence-electron chi connectivity index (χ2n) is 5.08. The number of ether oxygens (including phenoxy) is 1. The van der Waals surface area contributed by atoms with Crippen molar-refractivity contribution < 1.29 is 9.15 Å². The Morgan fingerprint density at radius 1 is 1.18 bits per heavy atom. The highest BCUT2D eigenvalue weighted by atomic mass is 16.5.